The van der Waals surface area contributed by atoms with Gasteiger partial charge in [-0.05, 0) is 23.8 Å². The zero-order valence-electron chi connectivity index (χ0n) is 14.4. The highest BCUT2D eigenvalue weighted by atomic mass is 16.3. The van der Waals surface area contributed by atoms with Gasteiger partial charge in [0.1, 0.15) is 0 Å². The molecule has 0 aliphatic heterocycles. The van der Waals surface area contributed by atoms with Gasteiger partial charge in [0.25, 0.3) is 0 Å². The minimum Gasteiger partial charge on any atom is -0.396 e. The zero-order valence-corrected chi connectivity index (χ0v) is 14.4. The fourth-order valence-corrected chi connectivity index (χ4v) is 2.28. The Morgan fingerprint density at radius 1 is 1.18 bits per heavy atom. The molecule has 0 heterocycles. The van der Waals surface area contributed by atoms with Gasteiger partial charge in [0, 0.05) is 26.1 Å². The number of hydrogen-bond acceptors (Lipinski definition) is 2. The van der Waals surface area contributed by atoms with Crippen LogP contribution in [-0.4, -0.2) is 37.8 Å². The minimum absolute atomic E-state index is 0.0781. The minimum atomic E-state index is 0.0781. The van der Waals surface area contributed by atoms with E-state index in [1.54, 1.807) is 7.05 Å². The summed E-state index contributed by atoms with van der Waals surface area (Å²) in [6.07, 6.45) is 2.30. The Hall–Kier alpha value is -1.55. The zero-order chi connectivity index (χ0) is 16.4. The first-order valence-electron chi connectivity index (χ1n) is 8.06. The maximum absolute atomic E-state index is 9.57. The van der Waals surface area contributed by atoms with Gasteiger partial charge < -0.3 is 15.7 Å². The molecule has 1 unspecified atom stereocenters. The number of nitrogens with one attached hydrogen (secondary N) is 2. The summed E-state index contributed by atoms with van der Waals surface area (Å²) in [7, 11) is 1.77. The van der Waals surface area contributed by atoms with Crippen LogP contribution in [0.3, 0.4) is 0 Å². The highest BCUT2D eigenvalue weighted by molar-refractivity contribution is 5.79. The number of aliphatic hydroxyl groups is 1. The normalized spacial score (nSPS) is 13.8. The van der Waals surface area contributed by atoms with Gasteiger partial charge in [-0.25, -0.2) is 0 Å². The summed E-state index contributed by atoms with van der Waals surface area (Å²) >= 11 is 0. The number of guanidine groups is 1. The Kier molecular flexibility index (Phi) is 7.96. The van der Waals surface area contributed by atoms with E-state index in [0.29, 0.717) is 12.0 Å². The van der Waals surface area contributed by atoms with Crippen LogP contribution in [0.2, 0.25) is 0 Å². The Balaban J connectivity index is 2.37. The lowest BCUT2D eigenvalue weighted by Crippen LogP contribution is -2.40. The van der Waals surface area contributed by atoms with Crippen molar-refractivity contribution in [2.45, 2.75) is 39.5 Å². The summed E-state index contributed by atoms with van der Waals surface area (Å²) in [6, 6.07) is 10.1. The van der Waals surface area contributed by atoms with Gasteiger partial charge in [-0.2, -0.15) is 0 Å². The average molecular weight is 305 g/mol. The van der Waals surface area contributed by atoms with Crippen LogP contribution in [0, 0.1) is 5.41 Å². The number of hydrogen-bond donors (Lipinski definition) is 3. The first-order chi connectivity index (χ1) is 10.5. The average Bonchev–Trinajstić information content (AvgIpc) is 2.50. The molecular weight excluding hydrogens is 274 g/mol. The second-order valence-electron chi connectivity index (χ2n) is 6.83. The molecule has 1 atom stereocenters. The summed E-state index contributed by atoms with van der Waals surface area (Å²) in [4.78, 5) is 4.23. The van der Waals surface area contributed by atoms with Gasteiger partial charge in [0.05, 0.1) is 6.61 Å². The van der Waals surface area contributed by atoms with Crippen molar-refractivity contribution in [3.63, 3.8) is 0 Å². The van der Waals surface area contributed by atoms with Gasteiger partial charge in [-0.3, -0.25) is 4.99 Å². The van der Waals surface area contributed by atoms with E-state index in [9.17, 15) is 5.11 Å². The van der Waals surface area contributed by atoms with Crippen molar-refractivity contribution in [2.75, 3.05) is 26.7 Å². The van der Waals surface area contributed by atoms with Crippen LogP contribution < -0.4 is 10.6 Å². The van der Waals surface area contributed by atoms with E-state index in [-0.39, 0.29) is 12.5 Å². The molecule has 124 valence electrons. The van der Waals surface area contributed by atoms with Crippen LogP contribution in [0.25, 0.3) is 0 Å². The Morgan fingerprint density at radius 3 is 2.41 bits per heavy atom. The smallest absolute Gasteiger partial charge is 0.190 e. The maximum atomic E-state index is 9.57. The first-order valence-corrected chi connectivity index (χ1v) is 8.06. The molecule has 0 aliphatic rings. The van der Waals surface area contributed by atoms with Crippen molar-refractivity contribution in [1.82, 2.24) is 10.6 Å². The molecule has 0 aliphatic carbocycles. The molecule has 4 nitrogen and oxygen atoms in total. The largest absolute Gasteiger partial charge is 0.396 e. The third kappa shape index (κ3) is 7.46. The molecule has 0 spiro atoms. The van der Waals surface area contributed by atoms with Crippen molar-refractivity contribution in [1.29, 1.82) is 0 Å². The Labute approximate surface area is 135 Å². The summed E-state index contributed by atoms with van der Waals surface area (Å²) in [5.41, 5.74) is 1.51. The van der Waals surface area contributed by atoms with Crippen LogP contribution in [0.1, 0.15) is 45.1 Å². The molecule has 4 heteroatoms. The third-order valence-electron chi connectivity index (χ3n) is 3.63. The summed E-state index contributed by atoms with van der Waals surface area (Å²) < 4.78 is 0. The van der Waals surface area contributed by atoms with E-state index in [1.807, 2.05) is 30.3 Å². The number of nitrogens with zero attached hydrogens (tertiary/aromatic N) is 1. The SMILES string of the molecule is CN=C(NCCCC(C)(C)C)NCC(CO)c1ccccc1. The molecule has 0 bridgehead atoms. The molecule has 0 saturated heterocycles. The molecule has 22 heavy (non-hydrogen) atoms. The van der Waals surface area contributed by atoms with E-state index in [0.717, 1.165) is 24.5 Å². The van der Waals surface area contributed by atoms with Crippen molar-refractivity contribution < 1.29 is 5.11 Å². The second kappa shape index (κ2) is 9.46. The van der Waals surface area contributed by atoms with Crippen molar-refractivity contribution in [3.05, 3.63) is 35.9 Å². The lowest BCUT2D eigenvalue weighted by atomic mass is 9.91. The van der Waals surface area contributed by atoms with Crippen molar-refractivity contribution >= 4 is 5.96 Å². The summed E-state index contributed by atoms with van der Waals surface area (Å²) in [5, 5.41) is 16.2. The number of aliphatic hydroxyl groups excluding tert-OH is 1. The maximum Gasteiger partial charge on any atom is 0.190 e. The highest BCUT2D eigenvalue weighted by Gasteiger charge is 2.11. The number of rotatable bonds is 7. The molecule has 0 aromatic heterocycles. The Bertz CT molecular complexity index is 437. The quantitative estimate of drug-likeness (QED) is 0.412. The van der Waals surface area contributed by atoms with Gasteiger partial charge in [0.15, 0.2) is 5.96 Å². The van der Waals surface area contributed by atoms with E-state index >= 15 is 0 Å². The molecular formula is C18H31N3O. The molecule has 0 amide bonds. The van der Waals surface area contributed by atoms with E-state index < -0.39 is 0 Å². The van der Waals surface area contributed by atoms with Gasteiger partial charge in [0.2, 0.25) is 0 Å². The van der Waals surface area contributed by atoms with Crippen LogP contribution in [0.15, 0.2) is 35.3 Å². The molecule has 0 saturated carbocycles. The van der Waals surface area contributed by atoms with Crippen molar-refractivity contribution in [3.8, 4) is 0 Å². The van der Waals surface area contributed by atoms with E-state index in [1.165, 1.54) is 6.42 Å². The van der Waals surface area contributed by atoms with E-state index in [4.69, 9.17) is 0 Å². The first kappa shape index (κ1) is 18.5. The molecule has 3 N–H and O–H groups in total. The van der Waals surface area contributed by atoms with Crippen LogP contribution in [0.4, 0.5) is 0 Å². The summed E-state index contributed by atoms with van der Waals surface area (Å²) in [5.74, 6) is 0.873. The lowest BCUT2D eigenvalue weighted by molar-refractivity contribution is 0.265. The molecule has 1 aromatic carbocycles. The second-order valence-corrected chi connectivity index (χ2v) is 6.83. The fourth-order valence-electron chi connectivity index (χ4n) is 2.28. The van der Waals surface area contributed by atoms with Gasteiger partial charge in [-0.1, -0.05) is 51.1 Å². The predicted molar refractivity (Wildman–Crippen MR) is 94.3 cm³/mol. The standard InChI is InChI=1S/C18H31N3O/c1-18(2,3)11-8-12-20-17(19-4)21-13-16(14-22)15-9-6-5-7-10-15/h5-7,9-10,16,22H,8,11-14H2,1-4H3,(H2,19,20,21). The molecule has 1 rings (SSSR count). The third-order valence-corrected chi connectivity index (χ3v) is 3.63. The Morgan fingerprint density at radius 2 is 1.86 bits per heavy atom. The van der Waals surface area contributed by atoms with Crippen LogP contribution in [0.5, 0.6) is 0 Å². The monoisotopic (exact) mass is 305 g/mol. The summed E-state index contributed by atoms with van der Waals surface area (Å²) in [6.45, 7) is 8.47. The van der Waals surface area contributed by atoms with Crippen LogP contribution in [-0.2, 0) is 0 Å². The van der Waals surface area contributed by atoms with Crippen LogP contribution >= 0.6 is 0 Å². The van der Waals surface area contributed by atoms with E-state index in [2.05, 4.69) is 36.4 Å². The number of aliphatic imine (C=N–C) groups is 1. The number of benzene rings is 1. The topological polar surface area (TPSA) is 56.7 Å². The molecule has 0 fully saturated rings. The lowest BCUT2D eigenvalue weighted by Gasteiger charge is -2.20. The van der Waals surface area contributed by atoms with Crippen molar-refractivity contribution in [2.24, 2.45) is 10.4 Å². The fraction of sp³-hybridized carbons (Fsp3) is 0.611. The molecule has 0 radical (unpaired) electrons. The molecule has 1 aromatic rings. The van der Waals surface area contributed by atoms with Gasteiger partial charge in [-0.15, -0.1) is 0 Å². The van der Waals surface area contributed by atoms with Gasteiger partial charge >= 0.3 is 0 Å². The predicted octanol–water partition coefficient (Wildman–Crippen LogP) is 2.75. The highest BCUT2D eigenvalue weighted by Crippen LogP contribution is 2.19.